The van der Waals surface area contributed by atoms with Gasteiger partial charge in [0, 0.05) is 6.04 Å². The molecule has 0 heterocycles. The Morgan fingerprint density at radius 3 is 2.22 bits per heavy atom. The Morgan fingerprint density at radius 2 is 1.72 bits per heavy atom. The average molecular weight is 253 g/mol. The van der Waals surface area contributed by atoms with Gasteiger partial charge in [0.1, 0.15) is 0 Å². The smallest absolute Gasteiger partial charge is 0.00955 e. The van der Waals surface area contributed by atoms with Gasteiger partial charge in [-0.25, -0.2) is 0 Å². The maximum Gasteiger partial charge on any atom is 0.00955 e. The summed E-state index contributed by atoms with van der Waals surface area (Å²) in [6, 6.07) is 0.775. The first-order valence-corrected chi connectivity index (χ1v) is 8.15. The summed E-state index contributed by atoms with van der Waals surface area (Å²) in [4.78, 5) is 0. The topological polar surface area (TPSA) is 12.0 Å². The van der Waals surface area contributed by atoms with Crippen molar-refractivity contribution in [3.63, 3.8) is 0 Å². The first kappa shape index (κ1) is 16.0. The molecular weight excluding hydrogens is 218 g/mol. The molecule has 1 rings (SSSR count). The SMILES string of the molecule is CCCNC(CCC(C)(C)C)C1CCC(C)CC1. The zero-order chi connectivity index (χ0) is 13.6. The molecule has 0 amide bonds. The highest BCUT2D eigenvalue weighted by Gasteiger charge is 2.26. The van der Waals surface area contributed by atoms with Gasteiger partial charge in [-0.3, -0.25) is 0 Å². The van der Waals surface area contributed by atoms with Crippen LogP contribution in [0.5, 0.6) is 0 Å². The van der Waals surface area contributed by atoms with Gasteiger partial charge in [0.25, 0.3) is 0 Å². The Morgan fingerprint density at radius 1 is 1.11 bits per heavy atom. The molecule has 1 heteroatoms. The third-order valence-electron chi connectivity index (χ3n) is 4.49. The quantitative estimate of drug-likeness (QED) is 0.702. The molecule has 0 aromatic rings. The molecule has 1 fully saturated rings. The van der Waals surface area contributed by atoms with Gasteiger partial charge >= 0.3 is 0 Å². The summed E-state index contributed by atoms with van der Waals surface area (Å²) in [5, 5.41) is 3.83. The van der Waals surface area contributed by atoms with Crippen LogP contribution in [0.1, 0.15) is 79.6 Å². The third kappa shape index (κ3) is 6.22. The predicted molar refractivity (Wildman–Crippen MR) is 81.9 cm³/mol. The Hall–Kier alpha value is -0.0400. The zero-order valence-electron chi connectivity index (χ0n) is 13.4. The Labute approximate surface area is 115 Å². The van der Waals surface area contributed by atoms with Crippen molar-refractivity contribution >= 4 is 0 Å². The maximum atomic E-state index is 3.83. The number of hydrogen-bond donors (Lipinski definition) is 1. The molecule has 1 unspecified atom stereocenters. The lowest BCUT2D eigenvalue weighted by atomic mass is 9.76. The highest BCUT2D eigenvalue weighted by molar-refractivity contribution is 4.82. The normalized spacial score (nSPS) is 27.2. The van der Waals surface area contributed by atoms with E-state index in [1.165, 1.54) is 51.5 Å². The van der Waals surface area contributed by atoms with Crippen molar-refractivity contribution in [3.8, 4) is 0 Å². The van der Waals surface area contributed by atoms with E-state index in [4.69, 9.17) is 0 Å². The molecule has 108 valence electrons. The van der Waals surface area contributed by atoms with Crippen molar-refractivity contribution in [1.29, 1.82) is 0 Å². The van der Waals surface area contributed by atoms with Crippen LogP contribution in [0.25, 0.3) is 0 Å². The molecule has 0 bridgehead atoms. The summed E-state index contributed by atoms with van der Waals surface area (Å²) in [6.45, 7) is 13.0. The summed E-state index contributed by atoms with van der Waals surface area (Å²) >= 11 is 0. The van der Waals surface area contributed by atoms with Crippen LogP contribution >= 0.6 is 0 Å². The summed E-state index contributed by atoms with van der Waals surface area (Å²) in [7, 11) is 0. The van der Waals surface area contributed by atoms with E-state index in [-0.39, 0.29) is 0 Å². The zero-order valence-corrected chi connectivity index (χ0v) is 13.4. The molecule has 18 heavy (non-hydrogen) atoms. The number of hydrogen-bond acceptors (Lipinski definition) is 1. The average Bonchev–Trinajstić information content (AvgIpc) is 2.29. The van der Waals surface area contributed by atoms with E-state index < -0.39 is 0 Å². The van der Waals surface area contributed by atoms with Gasteiger partial charge in [0.15, 0.2) is 0 Å². The van der Waals surface area contributed by atoms with E-state index in [1.54, 1.807) is 0 Å². The molecule has 1 N–H and O–H groups in total. The first-order chi connectivity index (χ1) is 8.42. The molecule has 1 saturated carbocycles. The molecule has 0 spiro atoms. The molecule has 1 aliphatic carbocycles. The molecular formula is C17H35N. The van der Waals surface area contributed by atoms with Crippen LogP contribution in [0.3, 0.4) is 0 Å². The number of nitrogens with one attached hydrogen (secondary N) is 1. The molecule has 0 saturated heterocycles. The van der Waals surface area contributed by atoms with Crippen molar-refractivity contribution in [3.05, 3.63) is 0 Å². The second-order valence-electron chi connectivity index (χ2n) is 7.68. The van der Waals surface area contributed by atoms with Crippen molar-refractivity contribution < 1.29 is 0 Å². The van der Waals surface area contributed by atoms with E-state index in [0.29, 0.717) is 5.41 Å². The highest BCUT2D eigenvalue weighted by atomic mass is 14.9. The van der Waals surface area contributed by atoms with Gasteiger partial charge in [0.05, 0.1) is 0 Å². The summed E-state index contributed by atoms with van der Waals surface area (Å²) in [6.07, 6.45) is 9.77. The van der Waals surface area contributed by atoms with E-state index >= 15 is 0 Å². The molecule has 0 aromatic heterocycles. The minimum Gasteiger partial charge on any atom is -0.314 e. The van der Waals surface area contributed by atoms with Gasteiger partial charge in [-0.2, -0.15) is 0 Å². The van der Waals surface area contributed by atoms with Gasteiger partial charge in [-0.1, -0.05) is 47.5 Å². The molecule has 1 atom stereocenters. The lowest BCUT2D eigenvalue weighted by Gasteiger charge is -2.35. The molecule has 0 radical (unpaired) electrons. The largest absolute Gasteiger partial charge is 0.314 e. The summed E-state index contributed by atoms with van der Waals surface area (Å²) < 4.78 is 0. The highest BCUT2D eigenvalue weighted by Crippen LogP contribution is 2.33. The maximum absolute atomic E-state index is 3.83. The van der Waals surface area contributed by atoms with Crippen LogP contribution in [0.15, 0.2) is 0 Å². The summed E-state index contributed by atoms with van der Waals surface area (Å²) in [5.41, 5.74) is 0.480. The second kappa shape index (κ2) is 7.53. The van der Waals surface area contributed by atoms with Crippen molar-refractivity contribution in [1.82, 2.24) is 5.32 Å². The van der Waals surface area contributed by atoms with Crippen LogP contribution in [0, 0.1) is 17.3 Å². The fourth-order valence-electron chi connectivity index (χ4n) is 3.11. The third-order valence-corrected chi connectivity index (χ3v) is 4.49. The van der Waals surface area contributed by atoms with Crippen LogP contribution in [-0.2, 0) is 0 Å². The lowest BCUT2D eigenvalue weighted by Crippen LogP contribution is -2.39. The lowest BCUT2D eigenvalue weighted by molar-refractivity contribution is 0.205. The van der Waals surface area contributed by atoms with Crippen molar-refractivity contribution in [2.45, 2.75) is 85.6 Å². The van der Waals surface area contributed by atoms with Gasteiger partial charge in [-0.15, -0.1) is 0 Å². The monoisotopic (exact) mass is 253 g/mol. The van der Waals surface area contributed by atoms with E-state index in [2.05, 4.69) is 39.9 Å². The Bertz CT molecular complexity index is 208. The summed E-state index contributed by atoms with van der Waals surface area (Å²) in [5.74, 6) is 1.91. The first-order valence-electron chi connectivity index (χ1n) is 8.15. The second-order valence-corrected chi connectivity index (χ2v) is 7.68. The van der Waals surface area contributed by atoms with Crippen molar-refractivity contribution in [2.24, 2.45) is 17.3 Å². The van der Waals surface area contributed by atoms with E-state index in [0.717, 1.165) is 17.9 Å². The number of rotatable bonds is 6. The van der Waals surface area contributed by atoms with Crippen LogP contribution in [-0.4, -0.2) is 12.6 Å². The molecule has 0 aromatic carbocycles. The fourth-order valence-corrected chi connectivity index (χ4v) is 3.11. The van der Waals surface area contributed by atoms with Gasteiger partial charge in [-0.05, 0) is 55.9 Å². The van der Waals surface area contributed by atoms with Crippen molar-refractivity contribution in [2.75, 3.05) is 6.54 Å². The van der Waals surface area contributed by atoms with Gasteiger partial charge in [0.2, 0.25) is 0 Å². The minimum absolute atomic E-state index is 0.480. The Balaban J connectivity index is 2.43. The van der Waals surface area contributed by atoms with Crippen LogP contribution in [0.4, 0.5) is 0 Å². The predicted octanol–water partition coefficient (Wildman–Crippen LogP) is 5.01. The standard InChI is InChI=1S/C17H35N/c1-6-13-18-16(11-12-17(3,4)5)15-9-7-14(2)8-10-15/h14-16,18H,6-13H2,1-5H3. The molecule has 1 nitrogen and oxygen atoms in total. The Kier molecular flexibility index (Phi) is 6.70. The van der Waals surface area contributed by atoms with Crippen LogP contribution < -0.4 is 5.32 Å². The molecule has 1 aliphatic rings. The van der Waals surface area contributed by atoms with E-state index in [9.17, 15) is 0 Å². The minimum atomic E-state index is 0.480. The fraction of sp³-hybridized carbons (Fsp3) is 1.00. The van der Waals surface area contributed by atoms with E-state index in [1.807, 2.05) is 0 Å². The van der Waals surface area contributed by atoms with Crippen LogP contribution in [0.2, 0.25) is 0 Å². The van der Waals surface area contributed by atoms with Gasteiger partial charge < -0.3 is 5.32 Å². The molecule has 0 aliphatic heterocycles.